The summed E-state index contributed by atoms with van der Waals surface area (Å²) in [5.41, 5.74) is 3.09. The number of benzene rings is 2. The van der Waals surface area contributed by atoms with Gasteiger partial charge >= 0.3 is 0 Å². The molecular formula is C20H23N3O3. The third-order valence-corrected chi connectivity index (χ3v) is 4.78. The van der Waals surface area contributed by atoms with Crippen molar-refractivity contribution in [3.05, 3.63) is 75.8 Å². The van der Waals surface area contributed by atoms with Gasteiger partial charge in [-0.1, -0.05) is 48.5 Å². The zero-order valence-electron chi connectivity index (χ0n) is 14.6. The number of nitro groups is 1. The number of carbonyl (C=O) groups excluding carboxylic acids is 1. The lowest BCUT2D eigenvalue weighted by Gasteiger charge is -2.33. The predicted octanol–water partition coefficient (Wildman–Crippen LogP) is 3.28. The van der Waals surface area contributed by atoms with E-state index < -0.39 is 17.4 Å². The molecule has 0 radical (unpaired) electrons. The van der Waals surface area contributed by atoms with Gasteiger partial charge in [-0.2, -0.15) is 0 Å². The molecule has 1 heterocycles. The highest BCUT2D eigenvalue weighted by Gasteiger charge is 2.23. The molecule has 6 nitrogen and oxygen atoms in total. The number of hydrogen-bond donors (Lipinski definition) is 1. The number of nitrogens with zero attached hydrogens (tertiary/aromatic N) is 2. The second-order valence-corrected chi connectivity index (χ2v) is 6.66. The summed E-state index contributed by atoms with van der Waals surface area (Å²) in [5.74, 6) is -0.224. The van der Waals surface area contributed by atoms with Crippen molar-refractivity contribution in [3.63, 3.8) is 0 Å². The molecule has 1 aliphatic rings. The summed E-state index contributed by atoms with van der Waals surface area (Å²) in [4.78, 5) is 24.1. The number of nitrogens with one attached hydrogen (secondary N) is 1. The van der Waals surface area contributed by atoms with Crippen LogP contribution >= 0.6 is 0 Å². The van der Waals surface area contributed by atoms with Crippen LogP contribution in [0.1, 0.15) is 29.9 Å². The first-order valence-electron chi connectivity index (χ1n) is 8.88. The SMILES string of the molecule is O=C(C[N+](=O)[O-])Nc1ccccc1C1CCN(Cc2ccccc2)CC1. The van der Waals surface area contributed by atoms with Crippen LogP contribution in [0.5, 0.6) is 0 Å². The summed E-state index contributed by atoms with van der Waals surface area (Å²) < 4.78 is 0. The van der Waals surface area contributed by atoms with Gasteiger partial charge in [0.25, 0.3) is 12.5 Å². The molecule has 0 saturated carbocycles. The molecular weight excluding hydrogens is 330 g/mol. The highest BCUT2D eigenvalue weighted by Crippen LogP contribution is 2.33. The molecule has 1 aliphatic heterocycles. The highest BCUT2D eigenvalue weighted by atomic mass is 16.6. The third kappa shape index (κ3) is 4.89. The molecule has 0 bridgehead atoms. The van der Waals surface area contributed by atoms with E-state index in [4.69, 9.17) is 0 Å². The van der Waals surface area contributed by atoms with Crippen LogP contribution in [0.25, 0.3) is 0 Å². The van der Waals surface area contributed by atoms with Crippen LogP contribution in [-0.2, 0) is 11.3 Å². The van der Waals surface area contributed by atoms with E-state index >= 15 is 0 Å². The fraction of sp³-hybridized carbons (Fsp3) is 0.350. The Hall–Kier alpha value is -2.73. The molecule has 2 aromatic carbocycles. The van der Waals surface area contributed by atoms with E-state index in [0.717, 1.165) is 38.0 Å². The van der Waals surface area contributed by atoms with Gasteiger partial charge in [0.15, 0.2) is 0 Å². The first-order chi connectivity index (χ1) is 12.6. The molecule has 1 N–H and O–H groups in total. The Balaban J connectivity index is 1.60. The van der Waals surface area contributed by atoms with Crippen molar-refractivity contribution >= 4 is 11.6 Å². The first kappa shape index (κ1) is 18.1. The molecule has 0 atom stereocenters. The minimum absolute atomic E-state index is 0.356. The van der Waals surface area contributed by atoms with E-state index in [9.17, 15) is 14.9 Å². The van der Waals surface area contributed by atoms with E-state index in [0.29, 0.717) is 11.6 Å². The van der Waals surface area contributed by atoms with Gasteiger partial charge in [0, 0.05) is 17.2 Å². The number of piperidine rings is 1. The van der Waals surface area contributed by atoms with Gasteiger partial charge in [-0.3, -0.25) is 19.8 Å². The van der Waals surface area contributed by atoms with Crippen molar-refractivity contribution in [2.24, 2.45) is 0 Å². The lowest BCUT2D eigenvalue weighted by Crippen LogP contribution is -2.32. The zero-order chi connectivity index (χ0) is 18.4. The predicted molar refractivity (Wildman–Crippen MR) is 101 cm³/mol. The van der Waals surface area contributed by atoms with Crippen LogP contribution < -0.4 is 5.32 Å². The Morgan fingerprint density at radius 1 is 1.08 bits per heavy atom. The summed E-state index contributed by atoms with van der Waals surface area (Å²) >= 11 is 0. The van der Waals surface area contributed by atoms with Crippen LogP contribution in [0, 0.1) is 10.1 Å². The first-order valence-corrected chi connectivity index (χ1v) is 8.88. The number of amides is 1. The monoisotopic (exact) mass is 353 g/mol. The van der Waals surface area contributed by atoms with Crippen molar-refractivity contribution in [2.45, 2.75) is 25.3 Å². The molecule has 2 aromatic rings. The maximum atomic E-state index is 11.8. The van der Waals surface area contributed by atoms with Crippen LogP contribution in [0.3, 0.4) is 0 Å². The lowest BCUT2D eigenvalue weighted by molar-refractivity contribution is -0.467. The van der Waals surface area contributed by atoms with Crippen molar-refractivity contribution in [1.82, 2.24) is 4.90 Å². The normalized spacial score (nSPS) is 15.5. The maximum Gasteiger partial charge on any atom is 0.296 e. The highest BCUT2D eigenvalue weighted by molar-refractivity contribution is 5.92. The molecule has 0 aromatic heterocycles. The van der Waals surface area contributed by atoms with E-state index in [-0.39, 0.29) is 0 Å². The maximum absolute atomic E-state index is 11.8. The summed E-state index contributed by atoms with van der Waals surface area (Å²) in [6.45, 7) is 2.24. The molecule has 1 fully saturated rings. The van der Waals surface area contributed by atoms with Gasteiger partial charge in [-0.25, -0.2) is 0 Å². The summed E-state index contributed by atoms with van der Waals surface area (Å²) in [6.07, 6.45) is 2.02. The molecule has 26 heavy (non-hydrogen) atoms. The number of hydrogen-bond acceptors (Lipinski definition) is 4. The van der Waals surface area contributed by atoms with E-state index in [2.05, 4.69) is 34.5 Å². The molecule has 3 rings (SSSR count). The Kier molecular flexibility index (Phi) is 5.96. The summed E-state index contributed by atoms with van der Waals surface area (Å²) in [6, 6.07) is 18.1. The summed E-state index contributed by atoms with van der Waals surface area (Å²) in [5, 5.41) is 13.2. The van der Waals surface area contributed by atoms with Gasteiger partial charge in [0.1, 0.15) is 0 Å². The van der Waals surface area contributed by atoms with E-state index in [1.165, 1.54) is 5.56 Å². The summed E-state index contributed by atoms with van der Waals surface area (Å²) in [7, 11) is 0. The number of anilines is 1. The lowest BCUT2D eigenvalue weighted by atomic mass is 9.88. The van der Waals surface area contributed by atoms with E-state index in [1.807, 2.05) is 30.3 Å². The Bertz CT molecular complexity index is 756. The van der Waals surface area contributed by atoms with Crippen LogP contribution in [0.15, 0.2) is 54.6 Å². The fourth-order valence-corrected chi connectivity index (χ4v) is 3.52. The van der Waals surface area contributed by atoms with Gasteiger partial charge in [0.2, 0.25) is 0 Å². The second-order valence-electron chi connectivity index (χ2n) is 6.66. The quantitative estimate of drug-likeness (QED) is 0.639. The van der Waals surface area contributed by atoms with Crippen LogP contribution in [0.2, 0.25) is 0 Å². The van der Waals surface area contributed by atoms with Crippen molar-refractivity contribution < 1.29 is 9.72 Å². The average Bonchev–Trinajstić information content (AvgIpc) is 2.63. The molecule has 0 aliphatic carbocycles. The molecule has 0 spiro atoms. The van der Waals surface area contributed by atoms with Crippen LogP contribution in [-0.4, -0.2) is 35.4 Å². The molecule has 0 unspecified atom stereocenters. The topological polar surface area (TPSA) is 75.5 Å². The number of carbonyl (C=O) groups is 1. The minimum Gasteiger partial charge on any atom is -0.320 e. The van der Waals surface area contributed by atoms with Gasteiger partial charge < -0.3 is 5.32 Å². The Morgan fingerprint density at radius 2 is 1.73 bits per heavy atom. The molecule has 136 valence electrons. The van der Waals surface area contributed by atoms with Gasteiger partial charge in [-0.15, -0.1) is 0 Å². The molecule has 6 heteroatoms. The zero-order valence-corrected chi connectivity index (χ0v) is 14.6. The van der Waals surface area contributed by atoms with E-state index in [1.54, 1.807) is 0 Å². The standard InChI is InChI=1S/C20H23N3O3/c24-20(15-23(25)26)21-19-9-5-4-8-18(19)17-10-12-22(13-11-17)14-16-6-2-1-3-7-16/h1-9,17H,10-15H2,(H,21,24). The van der Waals surface area contributed by atoms with Crippen molar-refractivity contribution in [1.29, 1.82) is 0 Å². The second kappa shape index (κ2) is 8.58. The van der Waals surface area contributed by atoms with Gasteiger partial charge in [0.05, 0.1) is 0 Å². The Labute approximate surface area is 153 Å². The third-order valence-electron chi connectivity index (χ3n) is 4.78. The van der Waals surface area contributed by atoms with Crippen molar-refractivity contribution in [2.75, 3.05) is 25.0 Å². The van der Waals surface area contributed by atoms with Crippen molar-refractivity contribution in [3.8, 4) is 0 Å². The number of rotatable bonds is 6. The fourth-order valence-electron chi connectivity index (χ4n) is 3.52. The smallest absolute Gasteiger partial charge is 0.296 e. The number of likely N-dealkylation sites (tertiary alicyclic amines) is 1. The van der Waals surface area contributed by atoms with Crippen LogP contribution in [0.4, 0.5) is 5.69 Å². The molecule has 1 amide bonds. The number of para-hydroxylation sites is 1. The Morgan fingerprint density at radius 3 is 2.42 bits per heavy atom. The van der Waals surface area contributed by atoms with Gasteiger partial charge in [-0.05, 0) is 49.0 Å². The average molecular weight is 353 g/mol. The largest absolute Gasteiger partial charge is 0.320 e. The molecule has 1 saturated heterocycles. The minimum atomic E-state index is -0.705.